The number of aromatic nitrogens is 3. The van der Waals surface area contributed by atoms with Crippen LogP contribution in [0.1, 0.15) is 22.7 Å². The fourth-order valence-electron chi connectivity index (χ4n) is 3.05. The molecule has 0 saturated carbocycles. The maximum Gasteiger partial charge on any atom is 0.151 e. The van der Waals surface area contributed by atoms with E-state index in [2.05, 4.69) is 40.4 Å². The second-order valence-corrected chi connectivity index (χ2v) is 5.07. The Hall–Kier alpha value is -2.36. The van der Waals surface area contributed by atoms with E-state index in [-0.39, 0.29) is 0 Å². The number of rotatable bonds is 1. The lowest BCUT2D eigenvalue weighted by Gasteiger charge is -2.09. The van der Waals surface area contributed by atoms with Gasteiger partial charge in [0.2, 0.25) is 0 Å². The molecule has 4 heteroatoms. The summed E-state index contributed by atoms with van der Waals surface area (Å²) in [4.78, 5) is 4.03. The molecule has 2 N–H and O–H groups in total. The first-order valence-corrected chi connectivity index (χ1v) is 6.48. The lowest BCUT2D eigenvalue weighted by atomic mass is 10.0. The van der Waals surface area contributed by atoms with Crippen LogP contribution in [-0.2, 0) is 12.8 Å². The SMILES string of the molecule is Nc1ncnn2c(C3Cc4ccccc4C3)ccc12. The molecule has 94 valence electrons. The minimum Gasteiger partial charge on any atom is -0.382 e. The molecule has 0 saturated heterocycles. The standard InChI is InChI=1S/C15H14N4/c16-15-14-6-5-13(19(14)18-9-17-15)12-7-10-3-1-2-4-11(10)8-12/h1-6,9,12H,7-8H2,(H2,16,17,18). The van der Waals surface area contributed by atoms with Crippen molar-refractivity contribution in [3.8, 4) is 0 Å². The number of hydrogen-bond acceptors (Lipinski definition) is 3. The first-order valence-electron chi connectivity index (χ1n) is 6.48. The Morgan fingerprint density at radius 1 is 1.05 bits per heavy atom. The molecule has 0 atom stereocenters. The van der Waals surface area contributed by atoms with Gasteiger partial charge in [-0.25, -0.2) is 9.50 Å². The predicted molar refractivity (Wildman–Crippen MR) is 74.0 cm³/mol. The summed E-state index contributed by atoms with van der Waals surface area (Å²) >= 11 is 0. The van der Waals surface area contributed by atoms with Gasteiger partial charge < -0.3 is 5.73 Å². The largest absolute Gasteiger partial charge is 0.382 e. The van der Waals surface area contributed by atoms with Gasteiger partial charge in [-0.05, 0) is 36.1 Å². The van der Waals surface area contributed by atoms with E-state index >= 15 is 0 Å². The molecule has 2 heterocycles. The summed E-state index contributed by atoms with van der Waals surface area (Å²) in [6.07, 6.45) is 3.67. The molecule has 0 unspecified atom stereocenters. The van der Waals surface area contributed by atoms with Gasteiger partial charge in [0.1, 0.15) is 11.8 Å². The number of benzene rings is 1. The van der Waals surface area contributed by atoms with Crippen LogP contribution in [0.15, 0.2) is 42.7 Å². The van der Waals surface area contributed by atoms with Crippen molar-refractivity contribution in [2.75, 3.05) is 5.73 Å². The van der Waals surface area contributed by atoms with E-state index in [0.29, 0.717) is 11.7 Å². The molecule has 4 rings (SSSR count). The molecule has 0 aliphatic heterocycles. The van der Waals surface area contributed by atoms with Crippen LogP contribution in [0.3, 0.4) is 0 Å². The van der Waals surface area contributed by atoms with Crippen LogP contribution in [-0.4, -0.2) is 14.6 Å². The van der Waals surface area contributed by atoms with Crippen LogP contribution in [0.4, 0.5) is 5.82 Å². The van der Waals surface area contributed by atoms with Gasteiger partial charge in [0, 0.05) is 11.6 Å². The van der Waals surface area contributed by atoms with Crippen molar-refractivity contribution in [2.45, 2.75) is 18.8 Å². The molecule has 0 fully saturated rings. The summed E-state index contributed by atoms with van der Waals surface area (Å²) in [5.41, 5.74) is 10.9. The van der Waals surface area contributed by atoms with E-state index in [4.69, 9.17) is 5.73 Å². The van der Waals surface area contributed by atoms with Gasteiger partial charge in [-0.3, -0.25) is 0 Å². The fourth-order valence-corrected chi connectivity index (χ4v) is 3.05. The second kappa shape index (κ2) is 3.82. The summed E-state index contributed by atoms with van der Waals surface area (Å²) in [6.45, 7) is 0. The van der Waals surface area contributed by atoms with Gasteiger partial charge in [-0.15, -0.1) is 0 Å². The molecule has 0 spiro atoms. The molecule has 1 aliphatic carbocycles. The highest BCUT2D eigenvalue weighted by atomic mass is 15.3. The summed E-state index contributed by atoms with van der Waals surface area (Å²) in [5.74, 6) is 1.02. The Kier molecular flexibility index (Phi) is 2.12. The predicted octanol–water partition coefficient (Wildman–Crippen LogP) is 2.19. The zero-order valence-corrected chi connectivity index (χ0v) is 10.5. The molecule has 19 heavy (non-hydrogen) atoms. The van der Waals surface area contributed by atoms with E-state index in [1.807, 2.05) is 10.6 Å². The molecule has 2 aromatic heterocycles. The highest BCUT2D eigenvalue weighted by Crippen LogP contribution is 2.34. The van der Waals surface area contributed by atoms with Gasteiger partial charge >= 0.3 is 0 Å². The number of nitrogen functional groups attached to an aromatic ring is 1. The quantitative estimate of drug-likeness (QED) is 0.720. The molecule has 0 radical (unpaired) electrons. The molecular weight excluding hydrogens is 236 g/mol. The van der Waals surface area contributed by atoms with Crippen LogP contribution in [0, 0.1) is 0 Å². The van der Waals surface area contributed by atoms with Crippen LogP contribution in [0.25, 0.3) is 5.52 Å². The maximum absolute atomic E-state index is 5.88. The Morgan fingerprint density at radius 2 is 1.79 bits per heavy atom. The summed E-state index contributed by atoms with van der Waals surface area (Å²) < 4.78 is 1.93. The van der Waals surface area contributed by atoms with Crippen LogP contribution < -0.4 is 5.73 Å². The van der Waals surface area contributed by atoms with Crippen LogP contribution in [0.2, 0.25) is 0 Å². The fraction of sp³-hybridized carbons (Fsp3) is 0.200. The number of fused-ring (bicyclic) bond motifs is 2. The van der Waals surface area contributed by atoms with E-state index in [0.717, 1.165) is 18.4 Å². The normalized spacial score (nSPS) is 14.9. The van der Waals surface area contributed by atoms with Crippen molar-refractivity contribution < 1.29 is 0 Å². The first-order chi connectivity index (χ1) is 9.33. The zero-order chi connectivity index (χ0) is 12.8. The van der Waals surface area contributed by atoms with E-state index < -0.39 is 0 Å². The third-order valence-electron chi connectivity index (χ3n) is 3.98. The molecule has 1 aromatic carbocycles. The van der Waals surface area contributed by atoms with Gasteiger partial charge in [-0.2, -0.15) is 5.10 Å². The molecule has 0 bridgehead atoms. The Morgan fingerprint density at radius 3 is 2.53 bits per heavy atom. The third kappa shape index (κ3) is 1.53. The molecule has 4 nitrogen and oxygen atoms in total. The number of nitrogens with two attached hydrogens (primary N) is 1. The maximum atomic E-state index is 5.88. The minimum atomic E-state index is 0.481. The lowest BCUT2D eigenvalue weighted by Crippen LogP contribution is -2.06. The van der Waals surface area contributed by atoms with Crippen molar-refractivity contribution in [2.24, 2.45) is 0 Å². The van der Waals surface area contributed by atoms with Crippen molar-refractivity contribution >= 4 is 11.3 Å². The third-order valence-corrected chi connectivity index (χ3v) is 3.98. The van der Waals surface area contributed by atoms with Crippen molar-refractivity contribution in [1.29, 1.82) is 0 Å². The zero-order valence-electron chi connectivity index (χ0n) is 10.5. The van der Waals surface area contributed by atoms with Crippen molar-refractivity contribution in [1.82, 2.24) is 14.6 Å². The smallest absolute Gasteiger partial charge is 0.151 e. The number of nitrogens with zero attached hydrogens (tertiary/aromatic N) is 3. The van der Waals surface area contributed by atoms with Gasteiger partial charge in [0.25, 0.3) is 0 Å². The van der Waals surface area contributed by atoms with Crippen LogP contribution >= 0.6 is 0 Å². The van der Waals surface area contributed by atoms with Crippen LogP contribution in [0.5, 0.6) is 0 Å². The summed E-state index contributed by atoms with van der Waals surface area (Å²) in [6, 6.07) is 12.8. The van der Waals surface area contributed by atoms with Gasteiger partial charge in [0.15, 0.2) is 5.82 Å². The minimum absolute atomic E-state index is 0.481. The first kappa shape index (κ1) is 10.6. The van der Waals surface area contributed by atoms with E-state index in [1.165, 1.54) is 23.1 Å². The molecular formula is C15H14N4. The molecule has 0 amide bonds. The Bertz CT molecular complexity index is 735. The Labute approximate surface area is 110 Å². The average Bonchev–Trinajstić information content (AvgIpc) is 3.02. The van der Waals surface area contributed by atoms with Crippen molar-refractivity contribution in [3.05, 3.63) is 59.5 Å². The number of hydrogen-bond donors (Lipinski definition) is 1. The highest BCUT2D eigenvalue weighted by Gasteiger charge is 2.25. The number of anilines is 1. The topological polar surface area (TPSA) is 56.2 Å². The lowest BCUT2D eigenvalue weighted by molar-refractivity contribution is 0.678. The highest BCUT2D eigenvalue weighted by molar-refractivity contribution is 5.65. The monoisotopic (exact) mass is 250 g/mol. The summed E-state index contributed by atoms with van der Waals surface area (Å²) in [7, 11) is 0. The average molecular weight is 250 g/mol. The molecule has 1 aliphatic rings. The van der Waals surface area contributed by atoms with Gasteiger partial charge in [0.05, 0.1) is 0 Å². The Balaban J connectivity index is 1.80. The second-order valence-electron chi connectivity index (χ2n) is 5.07. The van der Waals surface area contributed by atoms with E-state index in [1.54, 1.807) is 0 Å². The van der Waals surface area contributed by atoms with Gasteiger partial charge in [-0.1, -0.05) is 24.3 Å². The van der Waals surface area contributed by atoms with E-state index in [9.17, 15) is 0 Å². The molecule has 3 aromatic rings. The van der Waals surface area contributed by atoms with Crippen molar-refractivity contribution in [3.63, 3.8) is 0 Å². The summed E-state index contributed by atoms with van der Waals surface area (Å²) in [5, 5.41) is 4.33.